The van der Waals surface area contributed by atoms with Crippen molar-refractivity contribution in [2.45, 2.75) is 26.2 Å². The molecular weight excluding hydrogens is 194 g/mol. The van der Waals surface area contributed by atoms with Crippen LogP contribution in [0.4, 0.5) is 0 Å². The Morgan fingerprint density at radius 1 is 1.12 bits per heavy atom. The standard InChI is InChI=1S/C15H19N/c1-10-11(2)16(6)14-8-7-12(9-13(10)14)15(3,4)5/h7-9H,1-2H2,3-6H3. The fourth-order valence-corrected chi connectivity index (χ4v) is 2.04. The molecule has 84 valence electrons. The van der Waals surface area contributed by atoms with Crippen molar-refractivity contribution in [1.29, 1.82) is 0 Å². The van der Waals surface area contributed by atoms with Gasteiger partial charge in [-0.2, -0.15) is 0 Å². The monoisotopic (exact) mass is 213 g/mol. The quantitative estimate of drug-likeness (QED) is 0.633. The van der Waals surface area contributed by atoms with Gasteiger partial charge in [0.25, 0.3) is 0 Å². The van der Waals surface area contributed by atoms with Crippen LogP contribution in [0.3, 0.4) is 0 Å². The zero-order chi connectivity index (χ0) is 12.1. The van der Waals surface area contributed by atoms with Crippen molar-refractivity contribution in [1.82, 2.24) is 4.57 Å². The lowest BCUT2D eigenvalue weighted by atomic mass is 9.86. The Morgan fingerprint density at radius 2 is 1.75 bits per heavy atom. The molecule has 1 aromatic carbocycles. The summed E-state index contributed by atoms with van der Waals surface area (Å²) in [6.45, 7) is 14.8. The van der Waals surface area contributed by atoms with Gasteiger partial charge in [0, 0.05) is 23.3 Å². The summed E-state index contributed by atoms with van der Waals surface area (Å²) >= 11 is 0. The number of aromatic nitrogens is 1. The van der Waals surface area contributed by atoms with Crippen molar-refractivity contribution in [3.05, 3.63) is 34.3 Å². The molecule has 0 spiro atoms. The summed E-state index contributed by atoms with van der Waals surface area (Å²) < 4.78 is 2.10. The second-order valence-corrected chi connectivity index (χ2v) is 5.47. The van der Waals surface area contributed by atoms with E-state index in [9.17, 15) is 0 Å². The van der Waals surface area contributed by atoms with Gasteiger partial charge < -0.3 is 4.57 Å². The summed E-state index contributed by atoms with van der Waals surface area (Å²) in [7, 11) is 2.04. The number of hydrogen-bond acceptors (Lipinski definition) is 0. The average Bonchev–Trinajstić information content (AvgIpc) is 2.43. The maximum atomic E-state index is 4.11. The number of nitrogens with zero attached hydrogens (tertiary/aromatic N) is 1. The van der Waals surface area contributed by atoms with E-state index in [2.05, 4.69) is 56.7 Å². The molecular formula is C15H19N. The minimum atomic E-state index is 0.178. The molecule has 0 N–H and O–H groups in total. The molecule has 1 heteroatoms. The molecule has 1 nitrogen and oxygen atoms in total. The van der Waals surface area contributed by atoms with Gasteiger partial charge in [0.1, 0.15) is 0 Å². The molecule has 0 atom stereocenters. The summed E-state index contributed by atoms with van der Waals surface area (Å²) in [6, 6.07) is 6.60. The second kappa shape index (κ2) is 3.24. The first kappa shape index (κ1) is 11.0. The van der Waals surface area contributed by atoms with Crippen LogP contribution < -0.4 is 10.6 Å². The van der Waals surface area contributed by atoms with E-state index in [1.165, 1.54) is 16.5 Å². The van der Waals surface area contributed by atoms with E-state index in [0.29, 0.717) is 0 Å². The van der Waals surface area contributed by atoms with Crippen molar-refractivity contribution in [2.75, 3.05) is 0 Å². The SMILES string of the molecule is C=c1c(=C)n(C)c2ccc(C(C)(C)C)cc12. The zero-order valence-electron chi connectivity index (χ0n) is 10.6. The number of aryl methyl sites for hydroxylation is 1. The Kier molecular flexibility index (Phi) is 2.23. The van der Waals surface area contributed by atoms with Crippen LogP contribution in [-0.2, 0) is 12.5 Å². The lowest BCUT2D eigenvalue weighted by Crippen LogP contribution is -2.24. The fourth-order valence-electron chi connectivity index (χ4n) is 2.04. The van der Waals surface area contributed by atoms with Crippen LogP contribution in [0.15, 0.2) is 18.2 Å². The fraction of sp³-hybridized carbons (Fsp3) is 0.333. The molecule has 0 aliphatic rings. The van der Waals surface area contributed by atoms with Crippen LogP contribution in [0, 0.1) is 0 Å². The first-order chi connectivity index (χ1) is 7.32. The van der Waals surface area contributed by atoms with Gasteiger partial charge >= 0.3 is 0 Å². The van der Waals surface area contributed by atoms with Gasteiger partial charge in [-0.25, -0.2) is 0 Å². The smallest absolute Gasteiger partial charge is 0.0488 e. The summed E-state index contributed by atoms with van der Waals surface area (Å²) in [5.74, 6) is 0. The van der Waals surface area contributed by atoms with Crippen LogP contribution >= 0.6 is 0 Å². The van der Waals surface area contributed by atoms with Gasteiger partial charge in [-0.15, -0.1) is 0 Å². The highest BCUT2D eigenvalue weighted by Crippen LogP contribution is 2.24. The molecule has 0 saturated carbocycles. The third-order valence-corrected chi connectivity index (χ3v) is 3.30. The normalized spacial score (nSPS) is 12.2. The first-order valence-electron chi connectivity index (χ1n) is 5.59. The average molecular weight is 213 g/mol. The Morgan fingerprint density at radius 3 is 2.31 bits per heavy atom. The van der Waals surface area contributed by atoms with Gasteiger partial charge in [0.15, 0.2) is 0 Å². The largest absolute Gasteiger partial charge is 0.344 e. The molecule has 16 heavy (non-hydrogen) atoms. The van der Waals surface area contributed by atoms with E-state index < -0.39 is 0 Å². The van der Waals surface area contributed by atoms with Crippen molar-refractivity contribution >= 4 is 24.1 Å². The van der Waals surface area contributed by atoms with Gasteiger partial charge in [-0.1, -0.05) is 40.0 Å². The summed E-state index contributed by atoms with van der Waals surface area (Å²) in [6.07, 6.45) is 0. The molecule has 1 heterocycles. The lowest BCUT2D eigenvalue weighted by Gasteiger charge is -2.19. The van der Waals surface area contributed by atoms with Crippen LogP contribution in [0.1, 0.15) is 26.3 Å². The van der Waals surface area contributed by atoms with E-state index >= 15 is 0 Å². The summed E-state index contributed by atoms with van der Waals surface area (Å²) in [4.78, 5) is 0. The van der Waals surface area contributed by atoms with E-state index in [1.807, 2.05) is 7.05 Å². The van der Waals surface area contributed by atoms with Crippen LogP contribution in [0.5, 0.6) is 0 Å². The minimum absolute atomic E-state index is 0.178. The molecule has 1 aromatic heterocycles. The minimum Gasteiger partial charge on any atom is -0.344 e. The van der Waals surface area contributed by atoms with Crippen LogP contribution in [0.2, 0.25) is 0 Å². The summed E-state index contributed by atoms with van der Waals surface area (Å²) in [5, 5.41) is 3.27. The van der Waals surface area contributed by atoms with Crippen molar-refractivity contribution in [3.63, 3.8) is 0 Å². The molecule has 0 aliphatic carbocycles. The first-order valence-corrected chi connectivity index (χ1v) is 5.59. The van der Waals surface area contributed by atoms with Gasteiger partial charge in [-0.05, 0) is 28.3 Å². The molecule has 0 unspecified atom stereocenters. The van der Waals surface area contributed by atoms with Crippen molar-refractivity contribution in [2.24, 2.45) is 7.05 Å². The van der Waals surface area contributed by atoms with E-state index in [-0.39, 0.29) is 5.41 Å². The molecule has 0 radical (unpaired) electrons. The highest BCUT2D eigenvalue weighted by molar-refractivity contribution is 5.82. The van der Waals surface area contributed by atoms with E-state index in [4.69, 9.17) is 0 Å². The molecule has 0 amide bonds. The summed E-state index contributed by atoms with van der Waals surface area (Å²) in [5.41, 5.74) is 2.73. The highest BCUT2D eigenvalue weighted by atomic mass is 14.9. The molecule has 2 aromatic rings. The van der Waals surface area contributed by atoms with Gasteiger partial charge in [0.05, 0.1) is 0 Å². The lowest BCUT2D eigenvalue weighted by molar-refractivity contribution is 0.591. The predicted octanol–water partition coefficient (Wildman–Crippen LogP) is 2.30. The Labute approximate surface area is 96.7 Å². The Hall–Kier alpha value is -1.50. The van der Waals surface area contributed by atoms with E-state index in [0.717, 1.165) is 10.6 Å². The zero-order valence-corrected chi connectivity index (χ0v) is 10.6. The topological polar surface area (TPSA) is 4.93 Å². The van der Waals surface area contributed by atoms with Crippen molar-refractivity contribution in [3.8, 4) is 0 Å². The van der Waals surface area contributed by atoms with Gasteiger partial charge in [0.2, 0.25) is 0 Å². The molecule has 2 rings (SSSR count). The highest BCUT2D eigenvalue weighted by Gasteiger charge is 2.14. The maximum absolute atomic E-state index is 4.11. The number of fused-ring (bicyclic) bond motifs is 1. The van der Waals surface area contributed by atoms with Crippen LogP contribution in [0.25, 0.3) is 24.1 Å². The maximum Gasteiger partial charge on any atom is 0.0488 e. The number of rotatable bonds is 0. The molecule has 0 aliphatic heterocycles. The molecule has 0 saturated heterocycles. The Bertz CT molecular complexity index is 639. The number of benzene rings is 1. The Balaban J connectivity index is 2.88. The third-order valence-electron chi connectivity index (χ3n) is 3.30. The van der Waals surface area contributed by atoms with Crippen molar-refractivity contribution < 1.29 is 0 Å². The van der Waals surface area contributed by atoms with E-state index in [1.54, 1.807) is 0 Å². The number of hydrogen-bond donors (Lipinski definition) is 0. The molecule has 0 fully saturated rings. The second-order valence-electron chi connectivity index (χ2n) is 5.47. The third kappa shape index (κ3) is 1.47. The predicted molar refractivity (Wildman–Crippen MR) is 71.9 cm³/mol. The molecule has 0 bridgehead atoms. The van der Waals surface area contributed by atoms with Crippen LogP contribution in [-0.4, -0.2) is 4.57 Å². The van der Waals surface area contributed by atoms with Gasteiger partial charge in [-0.3, -0.25) is 0 Å².